The second kappa shape index (κ2) is 5.48. The van der Waals surface area contributed by atoms with Crippen molar-refractivity contribution in [3.8, 4) is 0 Å². The number of nitro groups is 1. The summed E-state index contributed by atoms with van der Waals surface area (Å²) in [4.78, 5) is 9.93. The van der Waals surface area contributed by atoms with Crippen molar-refractivity contribution in [2.75, 3.05) is 5.32 Å². The van der Waals surface area contributed by atoms with E-state index < -0.39 is 16.4 Å². The molecule has 5 heteroatoms. The minimum Gasteiger partial charge on any atom is -0.381 e. The largest absolute Gasteiger partial charge is 0.381 e. The quantitative estimate of drug-likeness (QED) is 0.674. The highest BCUT2D eigenvalue weighted by molar-refractivity contribution is 5.51. The number of benzene rings is 2. The van der Waals surface area contributed by atoms with E-state index in [-0.39, 0.29) is 12.1 Å². The van der Waals surface area contributed by atoms with Gasteiger partial charge in [0.05, 0.1) is 4.92 Å². The molecule has 0 saturated heterocycles. The van der Waals surface area contributed by atoms with Crippen LogP contribution in [0.3, 0.4) is 0 Å². The maximum atomic E-state index is 13.8. The van der Waals surface area contributed by atoms with Crippen LogP contribution in [0.2, 0.25) is 0 Å². The maximum absolute atomic E-state index is 13.8. The fourth-order valence-corrected chi connectivity index (χ4v) is 1.81. The lowest BCUT2D eigenvalue weighted by Crippen LogP contribution is -2.04. The van der Waals surface area contributed by atoms with Gasteiger partial charge in [-0.1, -0.05) is 30.3 Å². The summed E-state index contributed by atoms with van der Waals surface area (Å²) in [5.41, 5.74) is 1.70. The molecular weight excluding hydrogens is 247 g/mol. The number of aryl methyl sites for hydroxylation is 1. The van der Waals surface area contributed by atoms with Crippen LogP contribution in [0.25, 0.3) is 0 Å². The van der Waals surface area contributed by atoms with Gasteiger partial charge in [0.2, 0.25) is 5.82 Å². The van der Waals surface area contributed by atoms with Gasteiger partial charge in [-0.15, -0.1) is 0 Å². The van der Waals surface area contributed by atoms with Crippen LogP contribution in [0.5, 0.6) is 0 Å². The minimum absolute atomic E-state index is 0.207. The Morgan fingerprint density at radius 2 is 1.95 bits per heavy atom. The van der Waals surface area contributed by atoms with Gasteiger partial charge in [0.15, 0.2) is 0 Å². The highest BCUT2D eigenvalue weighted by Crippen LogP contribution is 2.21. The molecule has 2 aromatic rings. The molecule has 0 fully saturated rings. The van der Waals surface area contributed by atoms with E-state index >= 15 is 0 Å². The molecule has 98 valence electrons. The Hall–Kier alpha value is -2.43. The third-order valence-corrected chi connectivity index (χ3v) is 2.87. The van der Waals surface area contributed by atoms with E-state index in [0.717, 1.165) is 17.3 Å². The van der Waals surface area contributed by atoms with Crippen molar-refractivity contribution in [2.45, 2.75) is 13.5 Å². The lowest BCUT2D eigenvalue weighted by atomic mass is 10.1. The molecule has 4 nitrogen and oxygen atoms in total. The van der Waals surface area contributed by atoms with Gasteiger partial charge in [-0.05, 0) is 18.6 Å². The Morgan fingerprint density at radius 1 is 1.21 bits per heavy atom. The maximum Gasteiger partial charge on any atom is 0.305 e. The van der Waals surface area contributed by atoms with Crippen molar-refractivity contribution in [1.29, 1.82) is 0 Å². The van der Waals surface area contributed by atoms with Gasteiger partial charge in [0, 0.05) is 23.9 Å². The first-order chi connectivity index (χ1) is 9.09. The standard InChI is InChI=1S/C14H13FN2O2/c1-10-5-2-3-7-12(10)16-9-11-6-4-8-13(14(11)15)17(18)19/h2-8,16H,9H2,1H3. The summed E-state index contributed by atoms with van der Waals surface area (Å²) in [7, 11) is 0. The fourth-order valence-electron chi connectivity index (χ4n) is 1.81. The van der Waals surface area contributed by atoms with Crippen LogP contribution in [-0.2, 0) is 6.54 Å². The lowest BCUT2D eigenvalue weighted by Gasteiger charge is -2.09. The third kappa shape index (κ3) is 2.88. The van der Waals surface area contributed by atoms with E-state index in [1.165, 1.54) is 12.1 Å². The fraction of sp³-hybridized carbons (Fsp3) is 0.143. The van der Waals surface area contributed by atoms with Crippen molar-refractivity contribution in [3.63, 3.8) is 0 Å². The first kappa shape index (κ1) is 13.0. The van der Waals surface area contributed by atoms with E-state index in [9.17, 15) is 14.5 Å². The molecule has 0 amide bonds. The van der Waals surface area contributed by atoms with Gasteiger partial charge < -0.3 is 5.32 Å². The number of nitrogens with zero attached hydrogens (tertiary/aromatic N) is 1. The number of anilines is 1. The Morgan fingerprint density at radius 3 is 2.63 bits per heavy atom. The first-order valence-electron chi connectivity index (χ1n) is 5.81. The summed E-state index contributed by atoms with van der Waals surface area (Å²) < 4.78 is 13.8. The van der Waals surface area contributed by atoms with Gasteiger partial charge in [0.25, 0.3) is 0 Å². The summed E-state index contributed by atoms with van der Waals surface area (Å²) in [6, 6.07) is 11.8. The SMILES string of the molecule is Cc1ccccc1NCc1cccc([N+](=O)[O-])c1F. The van der Waals surface area contributed by atoms with Crippen LogP contribution in [0.15, 0.2) is 42.5 Å². The number of para-hydroxylation sites is 1. The number of halogens is 1. The molecule has 0 aromatic heterocycles. The Bertz CT molecular complexity index is 614. The summed E-state index contributed by atoms with van der Waals surface area (Å²) in [6.07, 6.45) is 0. The van der Waals surface area contributed by atoms with E-state index in [0.29, 0.717) is 0 Å². The van der Waals surface area contributed by atoms with Gasteiger partial charge in [-0.25, -0.2) is 0 Å². The predicted octanol–water partition coefficient (Wildman–Crippen LogP) is 3.65. The van der Waals surface area contributed by atoms with E-state index in [1.54, 1.807) is 0 Å². The lowest BCUT2D eigenvalue weighted by molar-refractivity contribution is -0.387. The summed E-state index contributed by atoms with van der Waals surface area (Å²) in [5, 5.41) is 13.7. The summed E-state index contributed by atoms with van der Waals surface area (Å²) in [6.45, 7) is 2.14. The normalized spacial score (nSPS) is 10.2. The van der Waals surface area contributed by atoms with Gasteiger partial charge >= 0.3 is 5.69 Å². The van der Waals surface area contributed by atoms with E-state index in [4.69, 9.17) is 0 Å². The molecule has 0 aliphatic carbocycles. The molecule has 2 rings (SSSR count). The average molecular weight is 260 g/mol. The molecule has 1 N–H and O–H groups in total. The molecule has 0 aliphatic rings. The topological polar surface area (TPSA) is 55.2 Å². The minimum atomic E-state index is -0.784. The third-order valence-electron chi connectivity index (χ3n) is 2.87. The number of hydrogen-bond acceptors (Lipinski definition) is 3. The molecule has 0 bridgehead atoms. The van der Waals surface area contributed by atoms with Crippen LogP contribution in [0.1, 0.15) is 11.1 Å². The second-order valence-corrected chi connectivity index (χ2v) is 4.18. The summed E-state index contributed by atoms with van der Waals surface area (Å²) in [5.74, 6) is -0.784. The molecule has 0 spiro atoms. The zero-order chi connectivity index (χ0) is 13.8. The molecular formula is C14H13FN2O2. The van der Waals surface area contributed by atoms with Crippen LogP contribution < -0.4 is 5.32 Å². The van der Waals surface area contributed by atoms with Crippen molar-refractivity contribution in [3.05, 3.63) is 69.5 Å². The van der Waals surface area contributed by atoms with Crippen LogP contribution >= 0.6 is 0 Å². The zero-order valence-corrected chi connectivity index (χ0v) is 10.4. The smallest absolute Gasteiger partial charge is 0.305 e. The Balaban J connectivity index is 2.19. The second-order valence-electron chi connectivity index (χ2n) is 4.18. The Kier molecular flexibility index (Phi) is 3.75. The number of rotatable bonds is 4. The van der Waals surface area contributed by atoms with Crippen molar-refractivity contribution < 1.29 is 9.31 Å². The highest BCUT2D eigenvalue weighted by atomic mass is 19.1. The molecule has 0 aliphatic heterocycles. The molecule has 2 aromatic carbocycles. The van der Waals surface area contributed by atoms with Gasteiger partial charge in [-0.2, -0.15) is 4.39 Å². The molecule has 0 radical (unpaired) electrons. The number of nitrogens with one attached hydrogen (secondary N) is 1. The van der Waals surface area contributed by atoms with E-state index in [2.05, 4.69) is 5.32 Å². The number of nitro benzene ring substituents is 1. The number of hydrogen-bond donors (Lipinski definition) is 1. The first-order valence-corrected chi connectivity index (χ1v) is 5.81. The molecule has 19 heavy (non-hydrogen) atoms. The molecule has 0 unspecified atom stereocenters. The van der Waals surface area contributed by atoms with Crippen LogP contribution in [0.4, 0.5) is 15.8 Å². The molecule has 0 atom stereocenters. The highest BCUT2D eigenvalue weighted by Gasteiger charge is 2.16. The van der Waals surface area contributed by atoms with Crippen LogP contribution in [-0.4, -0.2) is 4.92 Å². The van der Waals surface area contributed by atoms with E-state index in [1.807, 2.05) is 31.2 Å². The van der Waals surface area contributed by atoms with Crippen molar-refractivity contribution in [2.24, 2.45) is 0 Å². The van der Waals surface area contributed by atoms with Crippen molar-refractivity contribution in [1.82, 2.24) is 0 Å². The Labute approximate surface area is 110 Å². The molecule has 0 saturated carbocycles. The van der Waals surface area contributed by atoms with Gasteiger partial charge in [0.1, 0.15) is 0 Å². The monoisotopic (exact) mass is 260 g/mol. The van der Waals surface area contributed by atoms with Crippen LogP contribution in [0, 0.1) is 22.9 Å². The molecule has 0 heterocycles. The average Bonchev–Trinajstić information content (AvgIpc) is 2.39. The summed E-state index contributed by atoms with van der Waals surface area (Å²) >= 11 is 0. The van der Waals surface area contributed by atoms with Crippen molar-refractivity contribution >= 4 is 11.4 Å². The predicted molar refractivity (Wildman–Crippen MR) is 71.6 cm³/mol. The van der Waals surface area contributed by atoms with Gasteiger partial charge in [-0.3, -0.25) is 10.1 Å². The zero-order valence-electron chi connectivity index (χ0n) is 10.4.